The van der Waals surface area contributed by atoms with Crippen LogP contribution >= 0.6 is 11.3 Å². The molecule has 2 heterocycles. The van der Waals surface area contributed by atoms with Crippen LogP contribution in [0.25, 0.3) is 69.9 Å². The molecule has 0 N–H and O–H groups in total. The smallest absolute Gasteiger partial charge is 0.0562 e. The van der Waals surface area contributed by atoms with Crippen LogP contribution in [0.2, 0.25) is 0 Å². The highest BCUT2D eigenvalue weighted by Gasteiger charge is 2.20. The van der Waals surface area contributed by atoms with E-state index in [1.54, 1.807) is 0 Å². The first-order valence-corrected chi connectivity index (χ1v) is 18.2. The van der Waals surface area contributed by atoms with Gasteiger partial charge in [-0.25, -0.2) is 0 Å². The number of hydrogen-bond acceptors (Lipinski definition) is 2. The van der Waals surface area contributed by atoms with Crippen molar-refractivity contribution >= 4 is 70.4 Å². The highest BCUT2D eigenvalue weighted by atomic mass is 32.1. The fourth-order valence-electron chi connectivity index (χ4n) is 7.66. The van der Waals surface area contributed by atoms with Crippen molar-refractivity contribution in [2.24, 2.45) is 0 Å². The van der Waals surface area contributed by atoms with Gasteiger partial charge >= 0.3 is 0 Å². The highest BCUT2D eigenvalue weighted by molar-refractivity contribution is 7.25. The Hall–Kier alpha value is -6.42. The Morgan fingerprint density at radius 1 is 0.373 bits per heavy atom. The molecule has 0 aliphatic heterocycles. The van der Waals surface area contributed by atoms with Crippen LogP contribution in [0.4, 0.5) is 17.1 Å². The molecule has 0 unspecified atom stereocenters. The minimum Gasteiger partial charge on any atom is -0.310 e. The summed E-state index contributed by atoms with van der Waals surface area (Å²) in [6.07, 6.45) is 0. The van der Waals surface area contributed by atoms with Crippen LogP contribution in [0.1, 0.15) is 0 Å². The Morgan fingerprint density at radius 2 is 1.00 bits per heavy atom. The molecule has 0 radical (unpaired) electrons. The Kier molecular flexibility index (Phi) is 7.04. The molecule has 2 nitrogen and oxygen atoms in total. The predicted octanol–water partition coefficient (Wildman–Crippen LogP) is 14.0. The van der Waals surface area contributed by atoms with E-state index in [1.807, 2.05) is 11.3 Å². The van der Waals surface area contributed by atoms with Gasteiger partial charge in [0.2, 0.25) is 0 Å². The number of aromatic nitrogens is 1. The third-order valence-electron chi connectivity index (χ3n) is 9.96. The van der Waals surface area contributed by atoms with E-state index in [9.17, 15) is 0 Å². The van der Waals surface area contributed by atoms with Gasteiger partial charge in [0, 0.05) is 53.7 Å². The van der Waals surface area contributed by atoms with Gasteiger partial charge in [0.1, 0.15) is 0 Å². The lowest BCUT2D eigenvalue weighted by molar-refractivity contribution is 1.18. The molecule has 8 aromatic carbocycles. The highest BCUT2D eigenvalue weighted by Crippen LogP contribution is 2.44. The Labute approximate surface area is 300 Å². The summed E-state index contributed by atoms with van der Waals surface area (Å²) in [5.74, 6) is 0. The summed E-state index contributed by atoms with van der Waals surface area (Å²) in [5.41, 5.74) is 11.7. The van der Waals surface area contributed by atoms with E-state index in [0.717, 1.165) is 22.7 Å². The van der Waals surface area contributed by atoms with Crippen molar-refractivity contribution in [2.45, 2.75) is 0 Å². The number of rotatable bonds is 6. The molecular weight excluding hydrogens is 637 g/mol. The fourth-order valence-corrected chi connectivity index (χ4v) is 8.75. The number of benzene rings is 8. The van der Waals surface area contributed by atoms with Gasteiger partial charge in [-0.3, -0.25) is 0 Å². The van der Waals surface area contributed by atoms with E-state index in [-0.39, 0.29) is 0 Å². The topological polar surface area (TPSA) is 8.17 Å². The van der Waals surface area contributed by atoms with Crippen molar-refractivity contribution in [3.8, 4) is 27.9 Å². The van der Waals surface area contributed by atoms with Gasteiger partial charge in [0.25, 0.3) is 0 Å². The molecule has 2 aromatic heterocycles. The number of anilines is 3. The summed E-state index contributed by atoms with van der Waals surface area (Å²) in [4.78, 5) is 2.42. The molecule has 0 atom stereocenters. The van der Waals surface area contributed by atoms with Crippen LogP contribution in [-0.2, 0) is 0 Å². The van der Waals surface area contributed by atoms with Gasteiger partial charge in [-0.2, -0.15) is 0 Å². The summed E-state index contributed by atoms with van der Waals surface area (Å²) < 4.78 is 5.03. The zero-order valence-corrected chi connectivity index (χ0v) is 28.6. The Bertz CT molecular complexity index is 2850. The van der Waals surface area contributed by atoms with Crippen LogP contribution in [0, 0.1) is 0 Å². The first-order valence-electron chi connectivity index (χ1n) is 17.4. The number of para-hydroxylation sites is 1. The van der Waals surface area contributed by atoms with Gasteiger partial charge in [-0.05, 0) is 89.0 Å². The van der Waals surface area contributed by atoms with E-state index in [0.29, 0.717) is 0 Å². The van der Waals surface area contributed by atoms with Gasteiger partial charge in [0.05, 0.1) is 11.0 Å². The Morgan fingerprint density at radius 3 is 1.82 bits per heavy atom. The summed E-state index contributed by atoms with van der Waals surface area (Å²) >= 11 is 1.85. The van der Waals surface area contributed by atoms with Crippen LogP contribution in [0.15, 0.2) is 194 Å². The zero-order chi connectivity index (χ0) is 33.7. The molecule has 240 valence electrons. The maximum Gasteiger partial charge on any atom is 0.0562 e. The molecule has 0 saturated carbocycles. The van der Waals surface area contributed by atoms with E-state index >= 15 is 0 Å². The van der Waals surface area contributed by atoms with Crippen LogP contribution < -0.4 is 4.90 Å². The second-order valence-electron chi connectivity index (χ2n) is 13.0. The maximum atomic E-state index is 2.43. The first-order chi connectivity index (χ1) is 25.3. The lowest BCUT2D eigenvalue weighted by atomic mass is 9.99. The second kappa shape index (κ2) is 12.2. The summed E-state index contributed by atoms with van der Waals surface area (Å²) in [6, 6.07) is 70.4. The zero-order valence-electron chi connectivity index (χ0n) is 27.8. The van der Waals surface area contributed by atoms with Crippen LogP contribution in [-0.4, -0.2) is 4.57 Å². The molecule has 0 saturated heterocycles. The van der Waals surface area contributed by atoms with Gasteiger partial charge < -0.3 is 9.47 Å². The third-order valence-corrected chi connectivity index (χ3v) is 11.1. The minimum absolute atomic E-state index is 1.10. The minimum atomic E-state index is 1.10. The summed E-state index contributed by atoms with van der Waals surface area (Å²) in [7, 11) is 0. The third kappa shape index (κ3) is 5.01. The fraction of sp³-hybridized carbons (Fsp3) is 0. The van der Waals surface area contributed by atoms with Gasteiger partial charge in [-0.1, -0.05) is 127 Å². The van der Waals surface area contributed by atoms with Crippen LogP contribution in [0.5, 0.6) is 0 Å². The SMILES string of the molecule is c1ccc(-c2cccc(N(c3ccc4sc5ccccc5c4c3)c3ccc4c5c(-c6ccccc6)cccc5n(-c5ccccc5)c4c3)c2)cc1. The van der Waals surface area contributed by atoms with Crippen molar-refractivity contribution in [1.82, 2.24) is 4.57 Å². The summed E-state index contributed by atoms with van der Waals surface area (Å²) in [5, 5.41) is 5.07. The molecule has 0 aliphatic carbocycles. The van der Waals surface area contributed by atoms with Gasteiger partial charge in [0.15, 0.2) is 0 Å². The first kappa shape index (κ1) is 29.5. The predicted molar refractivity (Wildman–Crippen MR) is 219 cm³/mol. The van der Waals surface area contributed by atoms with Crippen molar-refractivity contribution in [3.05, 3.63) is 194 Å². The normalized spacial score (nSPS) is 11.5. The molecular formula is C48H32N2S. The molecule has 10 rings (SSSR count). The van der Waals surface area contributed by atoms with E-state index in [1.165, 1.54) is 64.2 Å². The van der Waals surface area contributed by atoms with Crippen molar-refractivity contribution in [1.29, 1.82) is 0 Å². The molecule has 0 aliphatic rings. The number of hydrogen-bond donors (Lipinski definition) is 0. The molecule has 10 aromatic rings. The number of nitrogens with zero attached hydrogens (tertiary/aromatic N) is 2. The Balaban J connectivity index is 1.25. The molecule has 0 bridgehead atoms. The number of thiophene rings is 1. The van der Waals surface area contributed by atoms with E-state index in [2.05, 4.69) is 204 Å². The van der Waals surface area contributed by atoms with Gasteiger partial charge in [-0.15, -0.1) is 11.3 Å². The second-order valence-corrected chi connectivity index (χ2v) is 14.1. The molecule has 3 heteroatoms. The lowest BCUT2D eigenvalue weighted by Crippen LogP contribution is -2.10. The van der Waals surface area contributed by atoms with Crippen molar-refractivity contribution in [3.63, 3.8) is 0 Å². The molecule has 51 heavy (non-hydrogen) atoms. The van der Waals surface area contributed by atoms with Crippen LogP contribution in [0.3, 0.4) is 0 Å². The molecule has 0 amide bonds. The largest absolute Gasteiger partial charge is 0.310 e. The maximum absolute atomic E-state index is 2.43. The quantitative estimate of drug-likeness (QED) is 0.171. The average Bonchev–Trinajstić information content (AvgIpc) is 3.74. The molecule has 0 fully saturated rings. The number of fused-ring (bicyclic) bond motifs is 6. The summed E-state index contributed by atoms with van der Waals surface area (Å²) in [6.45, 7) is 0. The lowest BCUT2D eigenvalue weighted by Gasteiger charge is -2.26. The molecule has 0 spiro atoms. The van der Waals surface area contributed by atoms with Crippen molar-refractivity contribution in [2.75, 3.05) is 4.90 Å². The van der Waals surface area contributed by atoms with Crippen molar-refractivity contribution < 1.29 is 0 Å². The average molecular weight is 669 g/mol. The van der Waals surface area contributed by atoms with E-state index < -0.39 is 0 Å². The monoisotopic (exact) mass is 668 g/mol. The van der Waals surface area contributed by atoms with E-state index in [4.69, 9.17) is 0 Å². The standard InChI is InChI=1S/C48H32N2S/c1-4-14-33(15-5-1)35-18-12-21-37(30-35)49(38-27-29-47-43(31-38)41-22-10-11-25-46(41)51-47)39-26-28-42-45(32-39)50(36-19-8-3-9-20-36)44-24-13-23-40(48(42)44)34-16-6-2-7-17-34/h1-32H.